The van der Waals surface area contributed by atoms with Crippen molar-refractivity contribution in [3.05, 3.63) is 29.8 Å². The molecule has 0 unspecified atom stereocenters. The SMILES string of the molecule is COC(=O)CCc1ccc(NC(=O)CN)cc1.Cl. The van der Waals surface area contributed by atoms with Crippen LogP contribution < -0.4 is 11.1 Å². The second-order valence-electron chi connectivity index (χ2n) is 3.53. The first-order valence-corrected chi connectivity index (χ1v) is 5.31. The molecule has 1 amide bonds. The third-order valence-corrected chi connectivity index (χ3v) is 2.27. The highest BCUT2D eigenvalue weighted by molar-refractivity contribution is 5.92. The molecule has 0 fully saturated rings. The fraction of sp³-hybridized carbons (Fsp3) is 0.333. The van der Waals surface area contributed by atoms with Crippen LogP contribution in [0.4, 0.5) is 5.69 Å². The van der Waals surface area contributed by atoms with Gasteiger partial charge in [-0.05, 0) is 24.1 Å². The van der Waals surface area contributed by atoms with Crippen LogP contribution >= 0.6 is 12.4 Å². The third kappa shape index (κ3) is 5.65. The zero-order valence-electron chi connectivity index (χ0n) is 10.1. The van der Waals surface area contributed by atoms with Gasteiger partial charge in [-0.25, -0.2) is 0 Å². The summed E-state index contributed by atoms with van der Waals surface area (Å²) in [4.78, 5) is 22.0. The minimum absolute atomic E-state index is 0. The number of amides is 1. The van der Waals surface area contributed by atoms with Crippen LogP contribution in [0.25, 0.3) is 0 Å². The lowest BCUT2D eigenvalue weighted by atomic mass is 10.1. The molecule has 0 saturated carbocycles. The number of nitrogens with two attached hydrogens (primary N) is 1. The van der Waals surface area contributed by atoms with Crippen molar-refractivity contribution in [1.29, 1.82) is 0 Å². The Balaban J connectivity index is 0.00000289. The molecule has 1 aromatic carbocycles. The molecule has 0 saturated heterocycles. The van der Waals surface area contributed by atoms with E-state index in [1.807, 2.05) is 12.1 Å². The molecule has 18 heavy (non-hydrogen) atoms. The number of carbonyl (C=O) groups excluding carboxylic acids is 2. The Morgan fingerprint density at radius 3 is 2.39 bits per heavy atom. The van der Waals surface area contributed by atoms with Gasteiger partial charge in [-0.15, -0.1) is 12.4 Å². The molecular formula is C12H17ClN2O3. The van der Waals surface area contributed by atoms with Crippen LogP contribution in [0.5, 0.6) is 0 Å². The van der Waals surface area contributed by atoms with Crippen LogP contribution in [0.3, 0.4) is 0 Å². The molecular weight excluding hydrogens is 256 g/mol. The van der Waals surface area contributed by atoms with Gasteiger partial charge in [0, 0.05) is 12.1 Å². The van der Waals surface area contributed by atoms with Gasteiger partial charge >= 0.3 is 5.97 Å². The first kappa shape index (κ1) is 16.4. The number of halogens is 1. The van der Waals surface area contributed by atoms with Gasteiger partial charge in [0.2, 0.25) is 5.91 Å². The van der Waals surface area contributed by atoms with Gasteiger partial charge in [-0.2, -0.15) is 0 Å². The molecule has 0 aliphatic carbocycles. The van der Waals surface area contributed by atoms with Crippen molar-refractivity contribution in [1.82, 2.24) is 0 Å². The Bertz CT molecular complexity index is 393. The molecule has 1 aromatic rings. The number of benzene rings is 1. The summed E-state index contributed by atoms with van der Waals surface area (Å²) in [5.74, 6) is -0.460. The molecule has 0 atom stereocenters. The van der Waals surface area contributed by atoms with Crippen LogP contribution in [0.15, 0.2) is 24.3 Å². The predicted molar refractivity (Wildman–Crippen MR) is 71.7 cm³/mol. The van der Waals surface area contributed by atoms with E-state index in [0.717, 1.165) is 5.56 Å². The fourth-order valence-electron chi connectivity index (χ4n) is 1.32. The quantitative estimate of drug-likeness (QED) is 0.787. The summed E-state index contributed by atoms with van der Waals surface area (Å²) in [7, 11) is 1.37. The van der Waals surface area contributed by atoms with E-state index in [0.29, 0.717) is 18.5 Å². The maximum Gasteiger partial charge on any atom is 0.305 e. The van der Waals surface area contributed by atoms with Crippen LogP contribution in [0.2, 0.25) is 0 Å². The van der Waals surface area contributed by atoms with Gasteiger partial charge < -0.3 is 15.8 Å². The molecule has 0 aromatic heterocycles. The van der Waals surface area contributed by atoms with E-state index in [-0.39, 0.29) is 30.8 Å². The third-order valence-electron chi connectivity index (χ3n) is 2.27. The van der Waals surface area contributed by atoms with Crippen molar-refractivity contribution >= 4 is 30.0 Å². The van der Waals surface area contributed by atoms with Gasteiger partial charge in [0.05, 0.1) is 13.7 Å². The molecule has 5 nitrogen and oxygen atoms in total. The number of nitrogens with one attached hydrogen (secondary N) is 1. The van der Waals surface area contributed by atoms with Gasteiger partial charge in [0.15, 0.2) is 0 Å². The smallest absolute Gasteiger partial charge is 0.305 e. The number of hydrogen-bond acceptors (Lipinski definition) is 4. The Kier molecular flexibility index (Phi) is 7.74. The Hall–Kier alpha value is -1.59. The molecule has 6 heteroatoms. The first-order valence-electron chi connectivity index (χ1n) is 5.31. The van der Waals surface area contributed by atoms with Gasteiger partial charge in [-0.3, -0.25) is 9.59 Å². The van der Waals surface area contributed by atoms with E-state index in [1.54, 1.807) is 12.1 Å². The van der Waals surface area contributed by atoms with Gasteiger partial charge in [0.1, 0.15) is 0 Å². The van der Waals surface area contributed by atoms with Crippen molar-refractivity contribution in [3.8, 4) is 0 Å². The average molecular weight is 273 g/mol. The minimum atomic E-state index is -0.231. The van der Waals surface area contributed by atoms with E-state index in [9.17, 15) is 9.59 Å². The highest BCUT2D eigenvalue weighted by atomic mass is 35.5. The molecule has 1 rings (SSSR count). The lowest BCUT2D eigenvalue weighted by Crippen LogP contribution is -2.21. The molecule has 3 N–H and O–H groups in total. The monoisotopic (exact) mass is 272 g/mol. The first-order chi connectivity index (χ1) is 8.15. The topological polar surface area (TPSA) is 81.4 Å². The van der Waals surface area contributed by atoms with Gasteiger partial charge in [0.25, 0.3) is 0 Å². The second kappa shape index (κ2) is 8.49. The van der Waals surface area contributed by atoms with Crippen molar-refractivity contribution in [2.75, 3.05) is 19.0 Å². The Labute approximate surface area is 112 Å². The van der Waals surface area contributed by atoms with Crippen molar-refractivity contribution in [2.24, 2.45) is 5.73 Å². The highest BCUT2D eigenvalue weighted by Crippen LogP contribution is 2.11. The molecule has 0 aliphatic rings. The van der Waals surface area contributed by atoms with Crippen LogP contribution in [0.1, 0.15) is 12.0 Å². The largest absolute Gasteiger partial charge is 0.469 e. The summed E-state index contributed by atoms with van der Waals surface area (Å²) in [5, 5.41) is 2.64. The van der Waals surface area contributed by atoms with E-state index >= 15 is 0 Å². The number of aryl methyl sites for hydroxylation is 1. The number of ether oxygens (including phenoxy) is 1. The van der Waals surface area contributed by atoms with E-state index < -0.39 is 0 Å². The molecule has 0 aliphatic heterocycles. The number of hydrogen-bond donors (Lipinski definition) is 2. The standard InChI is InChI=1S/C12H16N2O3.ClH/c1-17-12(16)7-4-9-2-5-10(6-3-9)14-11(15)8-13;/h2-3,5-6H,4,7-8,13H2,1H3,(H,14,15);1H. The second-order valence-corrected chi connectivity index (χ2v) is 3.53. The highest BCUT2D eigenvalue weighted by Gasteiger charge is 2.02. The number of anilines is 1. The number of esters is 1. The summed E-state index contributed by atoms with van der Waals surface area (Å²) in [6.45, 7) is -0.0376. The maximum absolute atomic E-state index is 11.0. The Morgan fingerprint density at radius 2 is 1.89 bits per heavy atom. The summed E-state index contributed by atoms with van der Waals surface area (Å²) in [5.41, 5.74) is 6.89. The number of methoxy groups -OCH3 is 1. The summed E-state index contributed by atoms with van der Waals surface area (Å²) >= 11 is 0. The van der Waals surface area contributed by atoms with Gasteiger partial charge in [-0.1, -0.05) is 12.1 Å². The maximum atomic E-state index is 11.0. The van der Waals surface area contributed by atoms with E-state index in [2.05, 4.69) is 10.1 Å². The van der Waals surface area contributed by atoms with E-state index in [4.69, 9.17) is 5.73 Å². The Morgan fingerprint density at radius 1 is 1.28 bits per heavy atom. The van der Waals surface area contributed by atoms with E-state index in [1.165, 1.54) is 7.11 Å². The molecule has 0 bridgehead atoms. The molecule has 0 spiro atoms. The summed E-state index contributed by atoms with van der Waals surface area (Å²) < 4.78 is 4.55. The summed E-state index contributed by atoms with van der Waals surface area (Å²) in [6.07, 6.45) is 0.975. The van der Waals surface area contributed by atoms with Crippen LogP contribution in [-0.4, -0.2) is 25.5 Å². The lowest BCUT2D eigenvalue weighted by molar-refractivity contribution is -0.140. The number of rotatable bonds is 5. The number of carbonyl (C=O) groups is 2. The normalized spacial score (nSPS) is 9.22. The lowest BCUT2D eigenvalue weighted by Gasteiger charge is -2.05. The van der Waals surface area contributed by atoms with Crippen LogP contribution in [-0.2, 0) is 20.7 Å². The molecule has 100 valence electrons. The predicted octanol–water partition coefficient (Wildman–Crippen LogP) is 1.11. The zero-order valence-corrected chi connectivity index (χ0v) is 11.0. The summed E-state index contributed by atoms with van der Waals surface area (Å²) in [6, 6.07) is 7.27. The average Bonchev–Trinajstić information content (AvgIpc) is 2.37. The minimum Gasteiger partial charge on any atom is -0.469 e. The fourth-order valence-corrected chi connectivity index (χ4v) is 1.32. The van der Waals surface area contributed by atoms with Crippen LogP contribution in [0, 0.1) is 0 Å². The molecule has 0 heterocycles. The zero-order chi connectivity index (χ0) is 12.7. The van der Waals surface area contributed by atoms with Crippen molar-refractivity contribution < 1.29 is 14.3 Å². The van der Waals surface area contributed by atoms with Crippen molar-refractivity contribution in [2.45, 2.75) is 12.8 Å². The molecule has 0 radical (unpaired) electrons. The van der Waals surface area contributed by atoms with Crippen molar-refractivity contribution in [3.63, 3.8) is 0 Å².